The van der Waals surface area contributed by atoms with Crippen LogP contribution in [0.1, 0.15) is 11.5 Å². The second-order valence-electron chi connectivity index (χ2n) is 6.81. The number of nitrogens with zero attached hydrogens (tertiary/aromatic N) is 4. The number of alkyl halides is 3. The maximum atomic E-state index is 12.9. The number of anilines is 1. The molecule has 1 saturated heterocycles. The Morgan fingerprint density at radius 3 is 2.47 bits per heavy atom. The van der Waals surface area contributed by atoms with Gasteiger partial charge in [0.05, 0.1) is 5.56 Å². The highest BCUT2D eigenvalue weighted by atomic mass is 32.2. The Labute approximate surface area is 170 Å². The van der Waals surface area contributed by atoms with E-state index < -0.39 is 21.8 Å². The zero-order valence-electron chi connectivity index (χ0n) is 15.8. The van der Waals surface area contributed by atoms with Gasteiger partial charge in [0.2, 0.25) is 15.9 Å². The molecular weight excluding hydrogens is 423 g/mol. The number of halogens is 3. The molecule has 3 heterocycles. The second kappa shape index (κ2) is 7.43. The second-order valence-corrected chi connectivity index (χ2v) is 8.75. The third-order valence-electron chi connectivity index (χ3n) is 4.83. The minimum absolute atomic E-state index is 0.0564. The smallest absolute Gasteiger partial charge is 0.416 e. The van der Waals surface area contributed by atoms with E-state index in [1.807, 2.05) is 0 Å². The van der Waals surface area contributed by atoms with Gasteiger partial charge in [0.15, 0.2) is 0 Å². The first kappa shape index (κ1) is 20.4. The summed E-state index contributed by atoms with van der Waals surface area (Å²) in [7, 11) is -3.77. The van der Waals surface area contributed by atoms with E-state index in [1.54, 1.807) is 17.9 Å². The number of nitrogens with one attached hydrogen (secondary N) is 1. The predicted molar refractivity (Wildman–Crippen MR) is 101 cm³/mol. The molecule has 12 heteroatoms. The quantitative estimate of drug-likeness (QED) is 0.669. The fraction of sp³-hybridized carbons (Fsp3) is 0.333. The van der Waals surface area contributed by atoms with Crippen molar-refractivity contribution in [1.82, 2.24) is 19.5 Å². The monoisotopic (exact) mass is 441 g/mol. The average Bonchev–Trinajstić information content (AvgIpc) is 3.37. The van der Waals surface area contributed by atoms with Gasteiger partial charge in [-0.05, 0) is 24.3 Å². The summed E-state index contributed by atoms with van der Waals surface area (Å²) < 4.78 is 71.3. The Balaban J connectivity index is 1.47. The number of hydrogen-bond donors (Lipinski definition) is 1. The molecule has 0 bridgehead atoms. The molecule has 0 aliphatic carbocycles. The molecule has 1 N–H and O–H groups in total. The summed E-state index contributed by atoms with van der Waals surface area (Å²) in [5.74, 6) is 0.540. The van der Waals surface area contributed by atoms with Crippen LogP contribution in [0.5, 0.6) is 0 Å². The van der Waals surface area contributed by atoms with Gasteiger partial charge in [-0.25, -0.2) is 8.42 Å². The van der Waals surface area contributed by atoms with Crippen molar-refractivity contribution in [2.45, 2.75) is 18.0 Å². The van der Waals surface area contributed by atoms with Crippen LogP contribution in [-0.2, 0) is 16.2 Å². The average molecular weight is 441 g/mol. The van der Waals surface area contributed by atoms with Gasteiger partial charge in [0.1, 0.15) is 10.6 Å². The Morgan fingerprint density at radius 1 is 1.10 bits per heavy atom. The Morgan fingerprint density at radius 2 is 1.83 bits per heavy atom. The van der Waals surface area contributed by atoms with Crippen molar-refractivity contribution in [2.24, 2.45) is 0 Å². The van der Waals surface area contributed by atoms with Crippen molar-refractivity contribution in [1.29, 1.82) is 0 Å². The molecule has 1 aliphatic heterocycles. The summed E-state index contributed by atoms with van der Waals surface area (Å²) in [5.41, 5.74) is 0.0699. The molecule has 8 nitrogen and oxygen atoms in total. The van der Waals surface area contributed by atoms with Crippen molar-refractivity contribution in [3.05, 3.63) is 48.0 Å². The molecule has 2 aromatic heterocycles. The normalized spacial score (nSPS) is 16.2. The van der Waals surface area contributed by atoms with Crippen LogP contribution in [0.15, 0.2) is 45.8 Å². The number of aromatic nitrogens is 3. The zero-order valence-corrected chi connectivity index (χ0v) is 16.7. The fourth-order valence-corrected chi connectivity index (χ4v) is 4.68. The van der Waals surface area contributed by atoms with E-state index in [9.17, 15) is 21.6 Å². The first-order chi connectivity index (χ1) is 14.1. The van der Waals surface area contributed by atoms with Gasteiger partial charge >= 0.3 is 6.18 Å². The summed E-state index contributed by atoms with van der Waals surface area (Å²) in [6.07, 6.45) is -3.08. The van der Waals surface area contributed by atoms with Crippen molar-refractivity contribution < 1.29 is 26.0 Å². The van der Waals surface area contributed by atoms with Crippen LogP contribution in [0, 0.1) is 6.92 Å². The molecule has 4 rings (SSSR count). The maximum absolute atomic E-state index is 12.9. The lowest BCUT2D eigenvalue weighted by Gasteiger charge is -2.35. The summed E-state index contributed by atoms with van der Waals surface area (Å²) in [6.45, 7) is 2.49. The molecule has 0 atom stereocenters. The SMILES string of the molecule is Cc1nnc(-c2cc(S(=O)(=O)N3CCN(c4cccc(C(F)(F)F)c4)CC3)c[nH]2)o1. The van der Waals surface area contributed by atoms with E-state index in [4.69, 9.17) is 4.42 Å². The predicted octanol–water partition coefficient (Wildman–Crippen LogP) is 2.90. The van der Waals surface area contributed by atoms with Crippen LogP contribution in [-0.4, -0.2) is 54.1 Å². The number of sulfonamides is 1. The van der Waals surface area contributed by atoms with E-state index in [-0.39, 0.29) is 37.0 Å². The molecule has 160 valence electrons. The van der Waals surface area contributed by atoms with Crippen LogP contribution < -0.4 is 4.90 Å². The molecule has 1 aliphatic rings. The summed E-state index contributed by atoms with van der Waals surface area (Å²) in [6, 6.07) is 6.45. The number of aryl methyl sites for hydroxylation is 1. The third-order valence-corrected chi connectivity index (χ3v) is 6.70. The first-order valence-electron chi connectivity index (χ1n) is 9.06. The molecule has 0 radical (unpaired) electrons. The lowest BCUT2D eigenvalue weighted by molar-refractivity contribution is -0.137. The number of hydrogen-bond acceptors (Lipinski definition) is 6. The topological polar surface area (TPSA) is 95.3 Å². The number of benzene rings is 1. The van der Waals surface area contributed by atoms with E-state index in [0.717, 1.165) is 12.1 Å². The minimum Gasteiger partial charge on any atom is -0.420 e. The highest BCUT2D eigenvalue weighted by Crippen LogP contribution is 2.32. The van der Waals surface area contributed by atoms with Crippen LogP contribution in [0.2, 0.25) is 0 Å². The van der Waals surface area contributed by atoms with Gasteiger partial charge in [0, 0.05) is 45.0 Å². The molecule has 1 fully saturated rings. The van der Waals surface area contributed by atoms with E-state index in [1.165, 1.54) is 22.6 Å². The molecule has 3 aromatic rings. The van der Waals surface area contributed by atoms with Crippen LogP contribution >= 0.6 is 0 Å². The molecule has 30 heavy (non-hydrogen) atoms. The highest BCUT2D eigenvalue weighted by molar-refractivity contribution is 7.89. The Bertz CT molecular complexity index is 1150. The maximum Gasteiger partial charge on any atom is 0.416 e. The molecule has 0 spiro atoms. The highest BCUT2D eigenvalue weighted by Gasteiger charge is 2.33. The molecule has 0 saturated carbocycles. The van der Waals surface area contributed by atoms with Gasteiger partial charge in [-0.3, -0.25) is 0 Å². The van der Waals surface area contributed by atoms with E-state index >= 15 is 0 Å². The molecule has 0 amide bonds. The van der Waals surface area contributed by atoms with Gasteiger partial charge in [-0.2, -0.15) is 17.5 Å². The number of piperazine rings is 1. The largest absolute Gasteiger partial charge is 0.420 e. The van der Waals surface area contributed by atoms with Crippen LogP contribution in [0.3, 0.4) is 0 Å². The van der Waals surface area contributed by atoms with E-state index in [0.29, 0.717) is 17.3 Å². The summed E-state index contributed by atoms with van der Waals surface area (Å²) >= 11 is 0. The first-order valence-corrected chi connectivity index (χ1v) is 10.5. The van der Waals surface area contributed by atoms with Gasteiger partial charge in [-0.1, -0.05) is 6.07 Å². The number of rotatable bonds is 4. The van der Waals surface area contributed by atoms with Gasteiger partial charge in [0.25, 0.3) is 5.89 Å². The fourth-order valence-electron chi connectivity index (χ4n) is 3.27. The standard InChI is InChI=1S/C18H18F3N5O3S/c1-12-23-24-17(29-12)16-10-15(11-22-16)30(27,28)26-7-5-25(6-8-26)14-4-2-3-13(9-14)18(19,20)21/h2-4,9-11,22H,5-8H2,1H3. The third kappa shape index (κ3) is 3.92. The van der Waals surface area contributed by atoms with E-state index in [2.05, 4.69) is 15.2 Å². The van der Waals surface area contributed by atoms with Crippen LogP contribution in [0.25, 0.3) is 11.6 Å². The Kier molecular flexibility index (Phi) is 5.06. The molecular formula is C18H18F3N5O3S. The summed E-state index contributed by atoms with van der Waals surface area (Å²) in [4.78, 5) is 4.61. The molecule has 1 aromatic carbocycles. The van der Waals surface area contributed by atoms with Crippen molar-refractivity contribution in [2.75, 3.05) is 31.1 Å². The van der Waals surface area contributed by atoms with Gasteiger partial charge in [-0.15, -0.1) is 10.2 Å². The molecule has 0 unspecified atom stereocenters. The summed E-state index contributed by atoms with van der Waals surface area (Å²) in [5, 5.41) is 7.56. The lowest BCUT2D eigenvalue weighted by atomic mass is 10.1. The van der Waals surface area contributed by atoms with Gasteiger partial charge < -0.3 is 14.3 Å². The number of aromatic amines is 1. The van der Waals surface area contributed by atoms with Crippen LogP contribution in [0.4, 0.5) is 18.9 Å². The van der Waals surface area contributed by atoms with Crippen molar-refractivity contribution in [3.8, 4) is 11.6 Å². The number of H-pyrrole nitrogens is 1. The Hall–Kier alpha value is -2.86. The minimum atomic E-state index is -4.43. The van der Waals surface area contributed by atoms with Crippen molar-refractivity contribution in [3.63, 3.8) is 0 Å². The lowest BCUT2D eigenvalue weighted by Crippen LogP contribution is -2.48. The van der Waals surface area contributed by atoms with Crippen molar-refractivity contribution >= 4 is 15.7 Å². The zero-order chi connectivity index (χ0) is 21.5.